The molecule has 1 amide bonds. The summed E-state index contributed by atoms with van der Waals surface area (Å²) in [5.41, 5.74) is 1.44. The second-order valence-corrected chi connectivity index (χ2v) is 5.91. The summed E-state index contributed by atoms with van der Waals surface area (Å²) in [7, 11) is 0. The molecule has 2 heterocycles. The molecule has 0 saturated heterocycles. The quantitative estimate of drug-likeness (QED) is 0.723. The SMILES string of the molecule is O=C(NCc1cccc(Oc2ccccn2)c1)c1cncc(Br)c1. The van der Waals surface area contributed by atoms with Crippen LogP contribution >= 0.6 is 15.9 Å². The molecule has 0 fully saturated rings. The summed E-state index contributed by atoms with van der Waals surface area (Å²) in [4.78, 5) is 20.2. The van der Waals surface area contributed by atoms with Gasteiger partial charge in [-0.25, -0.2) is 4.98 Å². The minimum atomic E-state index is -0.181. The van der Waals surface area contributed by atoms with E-state index in [1.807, 2.05) is 36.4 Å². The number of aromatic nitrogens is 2. The van der Waals surface area contributed by atoms with Crippen LogP contribution in [0, 0.1) is 0 Å². The number of carbonyl (C=O) groups excluding carboxylic acids is 1. The van der Waals surface area contributed by atoms with Gasteiger partial charge in [0.2, 0.25) is 5.88 Å². The van der Waals surface area contributed by atoms with Crippen molar-refractivity contribution in [2.75, 3.05) is 0 Å². The predicted molar refractivity (Wildman–Crippen MR) is 93.9 cm³/mol. The monoisotopic (exact) mass is 383 g/mol. The summed E-state index contributed by atoms with van der Waals surface area (Å²) in [5, 5.41) is 2.86. The third-order valence-corrected chi connectivity index (χ3v) is 3.61. The highest BCUT2D eigenvalue weighted by Gasteiger charge is 2.07. The number of pyridine rings is 2. The summed E-state index contributed by atoms with van der Waals surface area (Å²) < 4.78 is 6.45. The molecule has 0 aliphatic carbocycles. The molecule has 3 aromatic rings. The second kappa shape index (κ2) is 7.70. The number of amides is 1. The third-order valence-electron chi connectivity index (χ3n) is 3.18. The second-order valence-electron chi connectivity index (χ2n) is 4.99. The van der Waals surface area contributed by atoms with Gasteiger partial charge in [-0.15, -0.1) is 0 Å². The van der Waals surface area contributed by atoms with Crippen LogP contribution in [0.2, 0.25) is 0 Å². The number of nitrogens with zero attached hydrogens (tertiary/aromatic N) is 2. The number of ether oxygens (including phenoxy) is 1. The number of benzene rings is 1. The Bertz CT molecular complexity index is 840. The maximum absolute atomic E-state index is 12.1. The Morgan fingerprint density at radius 3 is 2.83 bits per heavy atom. The predicted octanol–water partition coefficient (Wildman–Crippen LogP) is 3.96. The van der Waals surface area contributed by atoms with Gasteiger partial charge in [-0.3, -0.25) is 9.78 Å². The third kappa shape index (κ3) is 4.39. The number of hydrogen-bond donors (Lipinski definition) is 1. The first-order chi connectivity index (χ1) is 11.7. The van der Waals surface area contributed by atoms with Gasteiger partial charge in [0.15, 0.2) is 0 Å². The Labute approximate surface area is 147 Å². The molecule has 1 N–H and O–H groups in total. The van der Waals surface area contributed by atoms with E-state index in [4.69, 9.17) is 4.74 Å². The Morgan fingerprint density at radius 2 is 2.04 bits per heavy atom. The number of rotatable bonds is 5. The fourth-order valence-corrected chi connectivity index (χ4v) is 2.43. The van der Waals surface area contributed by atoms with Crippen molar-refractivity contribution in [1.82, 2.24) is 15.3 Å². The molecule has 0 radical (unpaired) electrons. The van der Waals surface area contributed by atoms with E-state index in [2.05, 4.69) is 31.2 Å². The van der Waals surface area contributed by atoms with E-state index in [1.54, 1.807) is 24.5 Å². The fourth-order valence-electron chi connectivity index (χ4n) is 2.07. The van der Waals surface area contributed by atoms with Crippen molar-refractivity contribution in [2.24, 2.45) is 0 Å². The highest BCUT2D eigenvalue weighted by molar-refractivity contribution is 9.10. The van der Waals surface area contributed by atoms with Gasteiger partial charge >= 0.3 is 0 Å². The summed E-state index contributed by atoms with van der Waals surface area (Å²) in [6.45, 7) is 0.394. The lowest BCUT2D eigenvalue weighted by Gasteiger charge is -2.08. The van der Waals surface area contributed by atoms with E-state index >= 15 is 0 Å². The standard InChI is InChI=1S/C18H14BrN3O2/c19-15-9-14(11-20-12-15)18(23)22-10-13-4-3-5-16(8-13)24-17-6-1-2-7-21-17/h1-9,11-12H,10H2,(H,22,23). The molecule has 120 valence electrons. The van der Waals surface area contributed by atoms with E-state index in [0.29, 0.717) is 23.7 Å². The molecule has 2 aromatic heterocycles. The number of carbonyl (C=O) groups is 1. The van der Waals surface area contributed by atoms with Crippen LogP contribution in [0.4, 0.5) is 0 Å². The largest absolute Gasteiger partial charge is 0.439 e. The zero-order valence-corrected chi connectivity index (χ0v) is 14.2. The molecule has 3 rings (SSSR count). The molecule has 6 heteroatoms. The van der Waals surface area contributed by atoms with Gasteiger partial charge in [-0.1, -0.05) is 18.2 Å². The molecule has 5 nitrogen and oxygen atoms in total. The van der Waals surface area contributed by atoms with Gasteiger partial charge in [-0.2, -0.15) is 0 Å². The Kier molecular flexibility index (Phi) is 5.18. The summed E-state index contributed by atoms with van der Waals surface area (Å²) in [5.74, 6) is 1.02. The van der Waals surface area contributed by atoms with Gasteiger partial charge in [-0.05, 0) is 45.8 Å². The van der Waals surface area contributed by atoms with Crippen LogP contribution < -0.4 is 10.1 Å². The Hall–Kier alpha value is -2.73. The maximum atomic E-state index is 12.1. The van der Waals surface area contributed by atoms with Gasteiger partial charge in [0.25, 0.3) is 5.91 Å². The van der Waals surface area contributed by atoms with Crippen molar-refractivity contribution in [1.29, 1.82) is 0 Å². The van der Waals surface area contributed by atoms with Gasteiger partial charge in [0.05, 0.1) is 5.56 Å². The number of hydrogen-bond acceptors (Lipinski definition) is 4. The van der Waals surface area contributed by atoms with E-state index in [9.17, 15) is 4.79 Å². The van der Waals surface area contributed by atoms with Crippen LogP contribution in [0.3, 0.4) is 0 Å². The van der Waals surface area contributed by atoms with Crippen molar-refractivity contribution in [3.05, 3.63) is 82.7 Å². The van der Waals surface area contributed by atoms with Crippen LogP contribution in [0.1, 0.15) is 15.9 Å². The van der Waals surface area contributed by atoms with Crippen molar-refractivity contribution < 1.29 is 9.53 Å². The zero-order chi connectivity index (χ0) is 16.8. The first-order valence-electron chi connectivity index (χ1n) is 7.27. The number of nitrogens with one attached hydrogen (secondary N) is 1. The van der Waals surface area contributed by atoms with Crippen molar-refractivity contribution >= 4 is 21.8 Å². The lowest BCUT2D eigenvalue weighted by Crippen LogP contribution is -2.22. The van der Waals surface area contributed by atoms with Crippen LogP contribution in [-0.4, -0.2) is 15.9 Å². The van der Waals surface area contributed by atoms with Gasteiger partial charge in [0.1, 0.15) is 5.75 Å². The minimum Gasteiger partial charge on any atom is -0.439 e. The molecule has 1 aromatic carbocycles. The van der Waals surface area contributed by atoms with Gasteiger partial charge in [0, 0.05) is 35.7 Å². The molecule has 0 atom stereocenters. The maximum Gasteiger partial charge on any atom is 0.253 e. The summed E-state index contributed by atoms with van der Waals surface area (Å²) in [6.07, 6.45) is 4.83. The first kappa shape index (κ1) is 16.1. The zero-order valence-electron chi connectivity index (χ0n) is 12.6. The Morgan fingerprint density at radius 1 is 1.12 bits per heavy atom. The lowest BCUT2D eigenvalue weighted by atomic mass is 10.2. The minimum absolute atomic E-state index is 0.181. The molecular formula is C18H14BrN3O2. The van der Waals surface area contributed by atoms with Crippen molar-refractivity contribution in [2.45, 2.75) is 6.54 Å². The topological polar surface area (TPSA) is 64.1 Å². The lowest BCUT2D eigenvalue weighted by molar-refractivity contribution is 0.0950. The smallest absolute Gasteiger partial charge is 0.253 e. The average Bonchev–Trinajstić information content (AvgIpc) is 2.61. The molecule has 0 spiro atoms. The normalized spacial score (nSPS) is 10.2. The summed E-state index contributed by atoms with van der Waals surface area (Å²) in [6, 6.07) is 14.7. The highest BCUT2D eigenvalue weighted by atomic mass is 79.9. The van der Waals surface area contributed by atoms with Gasteiger partial charge < -0.3 is 10.1 Å². The van der Waals surface area contributed by atoms with Crippen LogP contribution in [0.25, 0.3) is 0 Å². The molecule has 0 aliphatic heterocycles. The van der Waals surface area contributed by atoms with Crippen LogP contribution in [-0.2, 0) is 6.54 Å². The van der Waals surface area contributed by atoms with Crippen LogP contribution in [0.5, 0.6) is 11.6 Å². The molecular weight excluding hydrogens is 370 g/mol. The molecule has 0 bridgehead atoms. The Balaban J connectivity index is 1.63. The molecule has 0 aliphatic rings. The molecule has 0 unspecified atom stereocenters. The van der Waals surface area contributed by atoms with E-state index in [1.165, 1.54) is 6.20 Å². The fraction of sp³-hybridized carbons (Fsp3) is 0.0556. The summed E-state index contributed by atoms with van der Waals surface area (Å²) >= 11 is 3.30. The molecule has 0 saturated carbocycles. The van der Waals surface area contributed by atoms with Crippen molar-refractivity contribution in [3.8, 4) is 11.6 Å². The van der Waals surface area contributed by atoms with E-state index in [0.717, 1.165) is 10.0 Å². The number of halogens is 1. The highest BCUT2D eigenvalue weighted by Crippen LogP contribution is 2.20. The first-order valence-corrected chi connectivity index (χ1v) is 8.06. The average molecular weight is 384 g/mol. The van der Waals surface area contributed by atoms with Crippen molar-refractivity contribution in [3.63, 3.8) is 0 Å². The van der Waals surface area contributed by atoms with E-state index < -0.39 is 0 Å². The molecule has 24 heavy (non-hydrogen) atoms. The van der Waals surface area contributed by atoms with Crippen LogP contribution in [0.15, 0.2) is 71.6 Å². The van der Waals surface area contributed by atoms with E-state index in [-0.39, 0.29) is 5.91 Å².